The van der Waals surface area contributed by atoms with Crippen LogP contribution >= 0.6 is 0 Å². The second-order valence-corrected chi connectivity index (χ2v) is 10.9. The highest BCUT2D eigenvalue weighted by Crippen LogP contribution is 2.45. The Morgan fingerprint density at radius 3 is 1.30 bits per heavy atom. The third-order valence-electron chi connectivity index (χ3n) is 6.92. The normalized spacial score (nSPS) is 40.2. The van der Waals surface area contributed by atoms with E-state index in [0.29, 0.717) is 34.7 Å². The van der Waals surface area contributed by atoms with E-state index >= 15 is 0 Å². The summed E-state index contributed by atoms with van der Waals surface area (Å²) in [6.45, 7) is 14.2. The third kappa shape index (κ3) is 4.95. The van der Waals surface area contributed by atoms with Crippen molar-refractivity contribution < 1.29 is 0 Å². The predicted molar refractivity (Wildman–Crippen MR) is 101 cm³/mol. The zero-order chi connectivity index (χ0) is 17.4. The van der Waals surface area contributed by atoms with E-state index in [1.807, 2.05) is 0 Å². The second kappa shape index (κ2) is 7.04. The van der Waals surface area contributed by atoms with Gasteiger partial charge in [-0.1, -0.05) is 41.5 Å². The molecule has 0 aromatic rings. The summed E-state index contributed by atoms with van der Waals surface area (Å²) in [5.74, 6) is 3.15. The zero-order valence-corrected chi connectivity index (χ0v) is 16.6. The van der Waals surface area contributed by atoms with Gasteiger partial charge in [-0.15, -0.1) is 0 Å². The van der Waals surface area contributed by atoms with Crippen LogP contribution in [0.25, 0.3) is 0 Å². The maximum Gasteiger partial charge on any atom is 0.00723 e. The highest BCUT2D eigenvalue weighted by Gasteiger charge is 2.39. The van der Waals surface area contributed by atoms with Crippen LogP contribution in [-0.2, 0) is 0 Å². The van der Waals surface area contributed by atoms with Crippen LogP contribution in [0.15, 0.2) is 0 Å². The Hall–Kier alpha value is -0.0800. The first kappa shape index (κ1) is 19.2. The van der Waals surface area contributed by atoms with E-state index < -0.39 is 0 Å². The van der Waals surface area contributed by atoms with Gasteiger partial charge in [-0.3, -0.25) is 0 Å². The lowest BCUT2D eigenvalue weighted by Gasteiger charge is -2.45. The minimum absolute atomic E-state index is 0.348. The van der Waals surface area contributed by atoms with E-state index in [9.17, 15) is 0 Å². The Labute approximate surface area is 145 Å². The molecule has 2 aliphatic rings. The lowest BCUT2D eigenvalue weighted by Crippen LogP contribution is -2.45. The topological polar surface area (TPSA) is 52.0 Å². The number of hydrogen-bond acceptors (Lipinski definition) is 2. The van der Waals surface area contributed by atoms with Crippen molar-refractivity contribution in [3.05, 3.63) is 0 Å². The Morgan fingerprint density at radius 1 is 0.652 bits per heavy atom. The van der Waals surface area contributed by atoms with Gasteiger partial charge < -0.3 is 11.5 Å². The number of rotatable bonds is 2. The maximum atomic E-state index is 6.44. The SMILES string of the molecule is CC(C)(C)C1CC(CC2CCC(N)C(C(C)(C)C)C2)CCC1N. The zero-order valence-electron chi connectivity index (χ0n) is 16.6. The van der Waals surface area contributed by atoms with Crippen LogP contribution < -0.4 is 11.5 Å². The Balaban J connectivity index is 1.94. The minimum atomic E-state index is 0.348. The van der Waals surface area contributed by atoms with Gasteiger partial charge in [0.25, 0.3) is 0 Å². The number of nitrogens with two attached hydrogens (primary N) is 2. The molecule has 2 fully saturated rings. The molecule has 6 atom stereocenters. The van der Waals surface area contributed by atoms with Crippen molar-refractivity contribution >= 4 is 0 Å². The van der Waals surface area contributed by atoms with E-state index in [2.05, 4.69) is 41.5 Å². The highest BCUT2D eigenvalue weighted by atomic mass is 14.7. The smallest absolute Gasteiger partial charge is 0.00723 e. The van der Waals surface area contributed by atoms with Gasteiger partial charge in [-0.25, -0.2) is 0 Å². The van der Waals surface area contributed by atoms with E-state index in [0.717, 1.165) is 11.8 Å². The maximum absolute atomic E-state index is 6.44. The van der Waals surface area contributed by atoms with Crippen LogP contribution in [0.2, 0.25) is 0 Å². The van der Waals surface area contributed by atoms with Crippen molar-refractivity contribution in [1.82, 2.24) is 0 Å². The van der Waals surface area contributed by atoms with E-state index in [1.165, 1.54) is 44.9 Å². The molecule has 0 heterocycles. The molecule has 0 aliphatic heterocycles. The third-order valence-corrected chi connectivity index (χ3v) is 6.92. The van der Waals surface area contributed by atoms with Crippen LogP contribution in [0.1, 0.15) is 86.5 Å². The molecule has 0 aromatic heterocycles. The fourth-order valence-corrected chi connectivity index (χ4v) is 5.45. The minimum Gasteiger partial charge on any atom is -0.327 e. The summed E-state index contributed by atoms with van der Waals surface area (Å²) in [6.07, 6.45) is 9.23. The summed E-state index contributed by atoms with van der Waals surface area (Å²) >= 11 is 0. The summed E-state index contributed by atoms with van der Waals surface area (Å²) < 4.78 is 0. The van der Waals surface area contributed by atoms with Crippen molar-refractivity contribution in [3.8, 4) is 0 Å². The molecular formula is C21H42N2. The van der Waals surface area contributed by atoms with Crippen molar-refractivity contribution in [1.29, 1.82) is 0 Å². The Kier molecular flexibility index (Phi) is 5.89. The molecule has 0 radical (unpaired) electrons. The molecule has 4 N–H and O–H groups in total. The first-order valence-electron chi connectivity index (χ1n) is 9.99. The van der Waals surface area contributed by atoms with Crippen LogP contribution in [0.5, 0.6) is 0 Å². The Morgan fingerprint density at radius 2 is 1.00 bits per heavy atom. The Bertz CT molecular complexity index is 340. The number of hydrogen-bond donors (Lipinski definition) is 2. The van der Waals surface area contributed by atoms with Gasteiger partial charge >= 0.3 is 0 Å². The molecule has 2 aliphatic carbocycles. The molecule has 23 heavy (non-hydrogen) atoms. The summed E-state index contributed by atoms with van der Waals surface area (Å²) in [7, 11) is 0. The van der Waals surface area contributed by atoms with Crippen molar-refractivity contribution in [2.75, 3.05) is 0 Å². The summed E-state index contributed by atoms with van der Waals surface area (Å²) in [5.41, 5.74) is 13.6. The molecule has 0 saturated heterocycles. The average Bonchev–Trinajstić information content (AvgIpc) is 2.40. The highest BCUT2D eigenvalue weighted by molar-refractivity contribution is 4.93. The van der Waals surface area contributed by atoms with Crippen LogP contribution in [0.4, 0.5) is 0 Å². The molecule has 2 nitrogen and oxygen atoms in total. The van der Waals surface area contributed by atoms with Crippen molar-refractivity contribution in [2.45, 2.75) is 98.6 Å². The molecule has 0 bridgehead atoms. The van der Waals surface area contributed by atoms with Gasteiger partial charge in [0.2, 0.25) is 0 Å². The summed E-state index contributed by atoms with van der Waals surface area (Å²) in [4.78, 5) is 0. The van der Waals surface area contributed by atoms with Crippen LogP contribution in [0, 0.1) is 34.5 Å². The lowest BCUT2D eigenvalue weighted by molar-refractivity contribution is 0.0761. The van der Waals surface area contributed by atoms with Crippen molar-refractivity contribution in [2.24, 2.45) is 46.0 Å². The molecule has 2 saturated carbocycles. The molecule has 2 heteroatoms. The largest absolute Gasteiger partial charge is 0.327 e. The molecule has 2 rings (SSSR count). The average molecular weight is 323 g/mol. The van der Waals surface area contributed by atoms with Crippen LogP contribution in [0.3, 0.4) is 0 Å². The van der Waals surface area contributed by atoms with Gasteiger partial charge in [-0.05, 0) is 79.4 Å². The molecule has 6 unspecified atom stereocenters. The van der Waals surface area contributed by atoms with Gasteiger partial charge in [0, 0.05) is 12.1 Å². The molecule has 0 aromatic carbocycles. The standard InChI is InChI=1S/C21H42N2/c1-20(2,3)16-12-14(7-9-18(16)22)11-15-8-10-19(23)17(13-15)21(4,5)6/h14-19H,7-13,22-23H2,1-6H3. The second-order valence-electron chi connectivity index (χ2n) is 10.9. The van der Waals surface area contributed by atoms with Crippen LogP contribution in [-0.4, -0.2) is 12.1 Å². The van der Waals surface area contributed by atoms with Crippen molar-refractivity contribution in [3.63, 3.8) is 0 Å². The summed E-state index contributed by atoms with van der Waals surface area (Å²) in [5, 5.41) is 0. The van der Waals surface area contributed by atoms with E-state index in [1.54, 1.807) is 0 Å². The van der Waals surface area contributed by atoms with Gasteiger partial charge in [0.05, 0.1) is 0 Å². The quantitative estimate of drug-likeness (QED) is 0.755. The van der Waals surface area contributed by atoms with Gasteiger partial charge in [-0.2, -0.15) is 0 Å². The lowest BCUT2D eigenvalue weighted by atomic mass is 9.62. The monoisotopic (exact) mass is 322 g/mol. The fourth-order valence-electron chi connectivity index (χ4n) is 5.45. The molecule has 0 amide bonds. The first-order valence-corrected chi connectivity index (χ1v) is 9.99. The molecule has 0 spiro atoms. The predicted octanol–water partition coefficient (Wildman–Crippen LogP) is 4.96. The van der Waals surface area contributed by atoms with E-state index in [4.69, 9.17) is 11.5 Å². The fraction of sp³-hybridized carbons (Fsp3) is 1.00. The first-order chi connectivity index (χ1) is 10.5. The molecule has 136 valence electrons. The molecular weight excluding hydrogens is 280 g/mol. The summed E-state index contributed by atoms with van der Waals surface area (Å²) in [6, 6.07) is 0.821. The van der Waals surface area contributed by atoms with E-state index in [-0.39, 0.29) is 0 Å². The van der Waals surface area contributed by atoms with Gasteiger partial charge in [0.1, 0.15) is 0 Å². The van der Waals surface area contributed by atoms with Gasteiger partial charge in [0.15, 0.2) is 0 Å².